The lowest BCUT2D eigenvalue weighted by Crippen LogP contribution is -2.39. The molecule has 0 saturated carbocycles. The quantitative estimate of drug-likeness (QED) is 0.545. The van der Waals surface area contributed by atoms with Gasteiger partial charge in [-0.25, -0.2) is 9.18 Å². The first-order valence-electron chi connectivity index (χ1n) is 11.4. The first-order chi connectivity index (χ1) is 16.5. The maximum Gasteiger partial charge on any atom is 0.407 e. The Kier molecular flexibility index (Phi) is 5.91. The lowest BCUT2D eigenvalue weighted by molar-refractivity contribution is 0.0859. The van der Waals surface area contributed by atoms with Gasteiger partial charge in [-0.15, -0.1) is 0 Å². The van der Waals surface area contributed by atoms with E-state index in [1.165, 1.54) is 16.8 Å². The number of fused-ring (bicyclic) bond motifs is 2. The number of halogens is 1. The molecule has 4 N–H and O–H groups in total. The molecule has 1 aromatic heterocycles. The Morgan fingerprint density at radius 2 is 2.03 bits per heavy atom. The zero-order chi connectivity index (χ0) is 23.7. The van der Waals surface area contributed by atoms with E-state index < -0.39 is 12.0 Å². The van der Waals surface area contributed by atoms with Crippen molar-refractivity contribution in [2.75, 3.05) is 17.6 Å². The van der Waals surface area contributed by atoms with E-state index in [-0.39, 0.29) is 30.2 Å². The second-order valence-corrected chi connectivity index (χ2v) is 8.71. The molecule has 1 aliphatic heterocycles. The average Bonchev–Trinajstić information content (AvgIpc) is 3.18. The van der Waals surface area contributed by atoms with Gasteiger partial charge in [-0.1, -0.05) is 30.3 Å². The van der Waals surface area contributed by atoms with Crippen molar-refractivity contribution >= 4 is 23.5 Å². The van der Waals surface area contributed by atoms with Gasteiger partial charge in [0.2, 0.25) is 0 Å². The van der Waals surface area contributed by atoms with Crippen LogP contribution in [0.25, 0.3) is 0 Å². The van der Waals surface area contributed by atoms with E-state index in [1.807, 2.05) is 30.3 Å². The molecule has 8 nitrogen and oxygen atoms in total. The Morgan fingerprint density at radius 1 is 1.21 bits per heavy atom. The number of nitrogens with one attached hydrogen (secondary N) is 2. The highest BCUT2D eigenvalue weighted by Gasteiger charge is 2.33. The van der Waals surface area contributed by atoms with Gasteiger partial charge in [0, 0.05) is 23.8 Å². The number of nitrogens with two attached hydrogens (primary N) is 1. The predicted octanol–water partition coefficient (Wildman–Crippen LogP) is 3.63. The van der Waals surface area contributed by atoms with Crippen molar-refractivity contribution < 1.29 is 18.7 Å². The van der Waals surface area contributed by atoms with Crippen LogP contribution < -0.4 is 16.4 Å². The number of hydrogen-bond acceptors (Lipinski definition) is 6. The molecule has 34 heavy (non-hydrogen) atoms. The number of benzene rings is 2. The standard InChI is InChI=1S/C25H26FN5O3/c26-16-6-8-21-19(12-16)18(10-11-28-21)24(32)31-23(27)20-13-17(7-9-22(20)30-31)29-25(33)34-14-15-4-2-1-3-5-15/h1-6,8,12,17-18,28H,7,9-11,13-14,27H2,(H,29,33)/t17-,18?/m0/s1. The van der Waals surface area contributed by atoms with Crippen molar-refractivity contribution in [1.29, 1.82) is 0 Å². The summed E-state index contributed by atoms with van der Waals surface area (Å²) in [4.78, 5) is 25.6. The molecule has 0 saturated heterocycles. The molecule has 2 aromatic carbocycles. The van der Waals surface area contributed by atoms with Crippen LogP contribution in [0, 0.1) is 5.82 Å². The normalized spacial score (nSPS) is 18.9. The van der Waals surface area contributed by atoms with Gasteiger partial charge < -0.3 is 21.1 Å². The molecule has 0 radical (unpaired) electrons. The summed E-state index contributed by atoms with van der Waals surface area (Å²) in [5, 5.41) is 10.6. The molecule has 1 aliphatic carbocycles. The number of aryl methyl sites for hydroxylation is 1. The highest BCUT2D eigenvalue weighted by molar-refractivity contribution is 5.90. The fraction of sp³-hybridized carbons (Fsp3) is 0.320. The molecule has 0 bridgehead atoms. The third-order valence-corrected chi connectivity index (χ3v) is 6.47. The van der Waals surface area contributed by atoms with E-state index in [2.05, 4.69) is 15.7 Å². The molecule has 5 rings (SSSR count). The molecule has 2 atom stereocenters. The minimum absolute atomic E-state index is 0.167. The lowest BCUT2D eigenvalue weighted by atomic mass is 9.90. The summed E-state index contributed by atoms with van der Waals surface area (Å²) in [5.41, 5.74) is 10.2. The van der Waals surface area contributed by atoms with Crippen molar-refractivity contribution in [1.82, 2.24) is 15.1 Å². The van der Waals surface area contributed by atoms with Crippen LogP contribution in [-0.4, -0.2) is 34.4 Å². The molecular formula is C25H26FN5O3. The number of nitrogens with zero attached hydrogens (tertiary/aromatic N) is 2. The van der Waals surface area contributed by atoms with Crippen molar-refractivity contribution in [3.63, 3.8) is 0 Å². The molecule has 9 heteroatoms. The summed E-state index contributed by atoms with van der Waals surface area (Å²) < 4.78 is 20.4. The maximum atomic E-state index is 13.9. The smallest absolute Gasteiger partial charge is 0.407 e. The average molecular weight is 464 g/mol. The van der Waals surface area contributed by atoms with Crippen LogP contribution in [0.15, 0.2) is 48.5 Å². The highest BCUT2D eigenvalue weighted by Crippen LogP contribution is 2.35. The molecule has 3 aromatic rings. The summed E-state index contributed by atoms with van der Waals surface area (Å²) in [5.74, 6) is -0.911. The molecule has 2 aliphatic rings. The number of carbonyl (C=O) groups excluding carboxylic acids is 2. The first kappa shape index (κ1) is 21.9. The van der Waals surface area contributed by atoms with Crippen molar-refractivity contribution in [3.05, 3.63) is 76.7 Å². The summed E-state index contributed by atoms with van der Waals surface area (Å²) >= 11 is 0. The summed E-state index contributed by atoms with van der Waals surface area (Å²) in [6.45, 7) is 0.796. The molecule has 2 heterocycles. The molecule has 176 valence electrons. The van der Waals surface area contributed by atoms with Crippen LogP contribution in [0.5, 0.6) is 0 Å². The summed E-state index contributed by atoms with van der Waals surface area (Å²) in [6, 6.07) is 13.7. The number of aromatic nitrogens is 2. The van der Waals surface area contributed by atoms with Gasteiger partial charge in [0.05, 0.1) is 11.6 Å². The molecular weight excluding hydrogens is 437 g/mol. The number of nitrogen functional groups attached to an aromatic ring is 1. The Labute approximate surface area is 196 Å². The van der Waals surface area contributed by atoms with Gasteiger partial charge >= 0.3 is 6.09 Å². The van der Waals surface area contributed by atoms with E-state index in [1.54, 1.807) is 6.07 Å². The second-order valence-electron chi connectivity index (χ2n) is 8.71. The van der Waals surface area contributed by atoms with Crippen molar-refractivity contribution in [2.45, 2.75) is 44.2 Å². The van der Waals surface area contributed by atoms with E-state index in [9.17, 15) is 14.0 Å². The maximum absolute atomic E-state index is 13.9. The van der Waals surface area contributed by atoms with E-state index in [4.69, 9.17) is 10.5 Å². The Hall–Kier alpha value is -3.88. The third-order valence-electron chi connectivity index (χ3n) is 6.47. The van der Waals surface area contributed by atoms with Crippen LogP contribution >= 0.6 is 0 Å². The fourth-order valence-corrected chi connectivity index (χ4v) is 4.71. The lowest BCUT2D eigenvalue weighted by Gasteiger charge is -2.25. The first-order valence-corrected chi connectivity index (χ1v) is 11.4. The fourth-order valence-electron chi connectivity index (χ4n) is 4.71. The number of ether oxygens (including phenoxy) is 1. The zero-order valence-corrected chi connectivity index (χ0v) is 18.6. The molecule has 1 unspecified atom stereocenters. The van der Waals surface area contributed by atoms with Crippen LogP contribution in [0.2, 0.25) is 0 Å². The predicted molar refractivity (Wildman–Crippen MR) is 125 cm³/mol. The Morgan fingerprint density at radius 3 is 2.85 bits per heavy atom. The molecule has 0 spiro atoms. The van der Waals surface area contributed by atoms with Gasteiger partial charge in [-0.2, -0.15) is 9.78 Å². The topological polar surface area (TPSA) is 111 Å². The van der Waals surface area contributed by atoms with Crippen molar-refractivity contribution in [3.8, 4) is 0 Å². The second kappa shape index (κ2) is 9.17. The van der Waals surface area contributed by atoms with Crippen LogP contribution in [0.4, 0.5) is 20.7 Å². The number of anilines is 2. The number of amides is 1. The Balaban J connectivity index is 1.27. The summed E-state index contributed by atoms with van der Waals surface area (Å²) in [7, 11) is 0. The minimum Gasteiger partial charge on any atom is -0.445 e. The van der Waals surface area contributed by atoms with Crippen molar-refractivity contribution in [2.24, 2.45) is 0 Å². The van der Waals surface area contributed by atoms with Gasteiger partial charge in [0.15, 0.2) is 0 Å². The van der Waals surface area contributed by atoms with Crippen LogP contribution in [0.3, 0.4) is 0 Å². The third kappa shape index (κ3) is 4.33. The number of hydrogen-bond donors (Lipinski definition) is 3. The van der Waals surface area contributed by atoms with E-state index in [0.29, 0.717) is 37.8 Å². The van der Waals surface area contributed by atoms with Crippen LogP contribution in [0.1, 0.15) is 45.9 Å². The monoisotopic (exact) mass is 463 g/mol. The number of alkyl carbamates (subject to hydrolysis) is 1. The van der Waals surface area contributed by atoms with E-state index in [0.717, 1.165) is 22.5 Å². The summed E-state index contributed by atoms with van der Waals surface area (Å²) in [6.07, 6.45) is 1.75. The largest absolute Gasteiger partial charge is 0.445 e. The molecule has 1 amide bonds. The van der Waals surface area contributed by atoms with Gasteiger partial charge in [-0.3, -0.25) is 4.79 Å². The number of carbonyl (C=O) groups is 2. The van der Waals surface area contributed by atoms with Gasteiger partial charge in [0.25, 0.3) is 5.91 Å². The highest BCUT2D eigenvalue weighted by atomic mass is 19.1. The SMILES string of the molecule is Nc1c2c(nn1C(=O)C1CCNc3ccc(F)cc31)CC[C@H](NC(=O)OCc1ccccc1)C2. The minimum atomic E-state index is -0.530. The van der Waals surface area contributed by atoms with E-state index >= 15 is 0 Å². The van der Waals surface area contributed by atoms with Gasteiger partial charge in [0.1, 0.15) is 18.2 Å². The van der Waals surface area contributed by atoms with Gasteiger partial charge in [-0.05, 0) is 55.0 Å². The van der Waals surface area contributed by atoms with Crippen LogP contribution in [-0.2, 0) is 24.2 Å². The zero-order valence-electron chi connectivity index (χ0n) is 18.6. The Bertz CT molecular complexity index is 1230. The molecule has 0 fully saturated rings. The number of rotatable bonds is 4.